The van der Waals surface area contributed by atoms with Crippen LogP contribution in [0, 0.1) is 19.7 Å². The quantitative estimate of drug-likeness (QED) is 0.597. The number of fused-ring (bicyclic) bond motifs is 1. The molecule has 0 bridgehead atoms. The van der Waals surface area contributed by atoms with Crippen molar-refractivity contribution < 1.29 is 9.18 Å². The first-order valence-electron chi connectivity index (χ1n) is 7.09. The SMILES string of the molecule is Cc1ccc2nc(C)c(C(=O)N/N=C\c3ccc(F)cc3)n2c1. The number of aromatic nitrogens is 2. The van der Waals surface area contributed by atoms with Gasteiger partial charge in [-0.3, -0.25) is 9.20 Å². The number of pyridine rings is 1. The summed E-state index contributed by atoms with van der Waals surface area (Å²) in [4.78, 5) is 16.7. The van der Waals surface area contributed by atoms with Crippen molar-refractivity contribution in [2.75, 3.05) is 0 Å². The molecule has 0 spiro atoms. The molecule has 2 heterocycles. The Bertz CT molecular complexity index is 897. The van der Waals surface area contributed by atoms with Gasteiger partial charge in [0.2, 0.25) is 0 Å². The first kappa shape index (κ1) is 14.9. The predicted octanol–water partition coefficient (Wildman–Crippen LogP) is 2.85. The lowest BCUT2D eigenvalue weighted by molar-refractivity contribution is 0.0948. The Hall–Kier alpha value is -3.02. The number of benzene rings is 1. The molecule has 5 nitrogen and oxygen atoms in total. The minimum atomic E-state index is -0.348. The van der Waals surface area contributed by atoms with Crippen molar-refractivity contribution in [1.82, 2.24) is 14.8 Å². The van der Waals surface area contributed by atoms with E-state index in [0.717, 1.165) is 5.56 Å². The van der Waals surface area contributed by atoms with Gasteiger partial charge in [0, 0.05) is 6.20 Å². The summed E-state index contributed by atoms with van der Waals surface area (Å²) >= 11 is 0. The highest BCUT2D eigenvalue weighted by molar-refractivity contribution is 5.95. The maximum Gasteiger partial charge on any atom is 0.290 e. The van der Waals surface area contributed by atoms with Gasteiger partial charge >= 0.3 is 0 Å². The van der Waals surface area contributed by atoms with Crippen molar-refractivity contribution in [3.05, 3.63) is 70.9 Å². The van der Waals surface area contributed by atoms with Crippen LogP contribution in [0.5, 0.6) is 0 Å². The standard InChI is InChI=1S/C17H15FN4O/c1-11-3-8-15-20-12(2)16(22(15)10-11)17(23)21-19-9-13-4-6-14(18)7-5-13/h3-10H,1-2H3,(H,21,23)/b19-9-. The van der Waals surface area contributed by atoms with E-state index in [2.05, 4.69) is 15.5 Å². The van der Waals surface area contributed by atoms with E-state index in [-0.39, 0.29) is 11.7 Å². The summed E-state index contributed by atoms with van der Waals surface area (Å²) in [5.74, 6) is -0.665. The van der Waals surface area contributed by atoms with Crippen LogP contribution >= 0.6 is 0 Å². The minimum Gasteiger partial charge on any atom is -0.295 e. The van der Waals surface area contributed by atoms with E-state index in [1.165, 1.54) is 18.3 Å². The molecule has 2 aromatic heterocycles. The molecule has 0 unspecified atom stereocenters. The van der Waals surface area contributed by atoms with Gasteiger partial charge in [-0.2, -0.15) is 5.10 Å². The molecule has 3 rings (SSSR count). The van der Waals surface area contributed by atoms with Crippen molar-refractivity contribution in [2.45, 2.75) is 13.8 Å². The molecule has 3 aromatic rings. The zero-order chi connectivity index (χ0) is 16.4. The first-order chi connectivity index (χ1) is 11.0. The van der Waals surface area contributed by atoms with E-state index in [1.54, 1.807) is 23.5 Å². The Morgan fingerprint density at radius 3 is 2.70 bits per heavy atom. The van der Waals surface area contributed by atoms with Gasteiger partial charge in [0.15, 0.2) is 0 Å². The van der Waals surface area contributed by atoms with Crippen LogP contribution in [-0.4, -0.2) is 21.5 Å². The number of rotatable bonds is 3. The van der Waals surface area contributed by atoms with Crippen LogP contribution in [0.1, 0.15) is 27.3 Å². The van der Waals surface area contributed by atoms with Gasteiger partial charge < -0.3 is 0 Å². The van der Waals surface area contributed by atoms with E-state index in [9.17, 15) is 9.18 Å². The van der Waals surface area contributed by atoms with E-state index >= 15 is 0 Å². The molecule has 0 radical (unpaired) electrons. The zero-order valence-electron chi connectivity index (χ0n) is 12.7. The topological polar surface area (TPSA) is 58.8 Å². The van der Waals surface area contributed by atoms with Crippen molar-refractivity contribution >= 4 is 17.8 Å². The number of carbonyl (C=O) groups is 1. The molecule has 1 aromatic carbocycles. The third kappa shape index (κ3) is 3.11. The summed E-state index contributed by atoms with van der Waals surface area (Å²) in [6.45, 7) is 3.73. The fraction of sp³-hybridized carbons (Fsp3) is 0.118. The molecule has 116 valence electrons. The number of hydrogen-bond donors (Lipinski definition) is 1. The average Bonchev–Trinajstić information content (AvgIpc) is 2.84. The third-order valence-electron chi connectivity index (χ3n) is 3.41. The molecule has 0 aliphatic rings. The highest BCUT2D eigenvalue weighted by atomic mass is 19.1. The van der Waals surface area contributed by atoms with E-state index in [1.807, 2.05) is 25.3 Å². The summed E-state index contributed by atoms with van der Waals surface area (Å²) in [5, 5.41) is 3.91. The Labute approximate surface area is 132 Å². The van der Waals surface area contributed by atoms with Gasteiger partial charge in [0.25, 0.3) is 5.91 Å². The summed E-state index contributed by atoms with van der Waals surface area (Å²) in [6, 6.07) is 9.62. The van der Waals surface area contributed by atoms with Gasteiger partial charge in [-0.1, -0.05) is 18.2 Å². The molecule has 6 heteroatoms. The zero-order valence-corrected chi connectivity index (χ0v) is 12.7. The molecule has 0 aliphatic heterocycles. The number of hydrogen-bond acceptors (Lipinski definition) is 3. The Balaban J connectivity index is 1.82. The number of halogens is 1. The van der Waals surface area contributed by atoms with Crippen molar-refractivity contribution in [1.29, 1.82) is 0 Å². The monoisotopic (exact) mass is 310 g/mol. The molecule has 0 fully saturated rings. The highest BCUT2D eigenvalue weighted by Crippen LogP contribution is 2.13. The summed E-state index contributed by atoms with van der Waals surface area (Å²) in [7, 11) is 0. The number of hydrazone groups is 1. The smallest absolute Gasteiger partial charge is 0.290 e. The number of amides is 1. The van der Waals surface area contributed by atoms with Crippen molar-refractivity contribution in [3.63, 3.8) is 0 Å². The lowest BCUT2D eigenvalue weighted by Gasteiger charge is -2.02. The Kier molecular flexibility index (Phi) is 3.89. The van der Waals surface area contributed by atoms with Crippen LogP contribution in [0.15, 0.2) is 47.7 Å². The second kappa shape index (κ2) is 6.00. The summed E-state index contributed by atoms with van der Waals surface area (Å²) in [6.07, 6.45) is 3.31. The normalized spacial score (nSPS) is 11.3. The Morgan fingerprint density at radius 1 is 1.22 bits per heavy atom. The van der Waals surface area contributed by atoms with Crippen LogP contribution in [-0.2, 0) is 0 Å². The number of imidazole rings is 1. The minimum absolute atomic E-state index is 0.317. The van der Waals surface area contributed by atoms with Gasteiger partial charge in [0.05, 0.1) is 11.9 Å². The molecule has 23 heavy (non-hydrogen) atoms. The molecule has 1 N–H and O–H groups in total. The fourth-order valence-electron chi connectivity index (χ4n) is 2.31. The highest BCUT2D eigenvalue weighted by Gasteiger charge is 2.15. The van der Waals surface area contributed by atoms with Crippen LogP contribution in [0.4, 0.5) is 4.39 Å². The largest absolute Gasteiger partial charge is 0.295 e. The maximum absolute atomic E-state index is 12.8. The third-order valence-corrected chi connectivity index (χ3v) is 3.41. The molecular weight excluding hydrogens is 295 g/mol. The molecule has 1 amide bonds. The van der Waals surface area contributed by atoms with Crippen LogP contribution in [0.3, 0.4) is 0 Å². The fourth-order valence-corrected chi connectivity index (χ4v) is 2.31. The van der Waals surface area contributed by atoms with Crippen LogP contribution in [0.2, 0.25) is 0 Å². The van der Waals surface area contributed by atoms with E-state index < -0.39 is 0 Å². The predicted molar refractivity (Wildman–Crippen MR) is 86.1 cm³/mol. The lowest BCUT2D eigenvalue weighted by atomic mass is 10.2. The van der Waals surface area contributed by atoms with E-state index in [0.29, 0.717) is 22.6 Å². The Morgan fingerprint density at radius 2 is 1.96 bits per heavy atom. The second-order valence-electron chi connectivity index (χ2n) is 5.23. The van der Waals surface area contributed by atoms with Gasteiger partial charge in [-0.15, -0.1) is 0 Å². The number of carbonyl (C=O) groups excluding carboxylic acids is 1. The van der Waals surface area contributed by atoms with E-state index in [4.69, 9.17) is 0 Å². The van der Waals surface area contributed by atoms with Crippen LogP contribution in [0.25, 0.3) is 5.65 Å². The molecule has 0 saturated heterocycles. The van der Waals surface area contributed by atoms with Crippen molar-refractivity contribution in [3.8, 4) is 0 Å². The summed E-state index contributed by atoms with van der Waals surface area (Å²) in [5.41, 5.74) is 5.98. The molecule has 0 atom stereocenters. The molecule has 0 saturated carbocycles. The molecular formula is C17H15FN4O. The maximum atomic E-state index is 12.8. The lowest BCUT2D eigenvalue weighted by Crippen LogP contribution is -2.20. The number of aryl methyl sites for hydroxylation is 2. The van der Waals surface area contributed by atoms with Gasteiger partial charge in [0.1, 0.15) is 17.2 Å². The summed E-state index contributed by atoms with van der Waals surface area (Å²) < 4.78 is 14.6. The van der Waals surface area contributed by atoms with Crippen LogP contribution < -0.4 is 5.43 Å². The molecule has 0 aliphatic carbocycles. The van der Waals surface area contributed by atoms with Gasteiger partial charge in [-0.05, 0) is 43.2 Å². The van der Waals surface area contributed by atoms with Gasteiger partial charge in [-0.25, -0.2) is 14.8 Å². The average molecular weight is 310 g/mol. The first-order valence-corrected chi connectivity index (χ1v) is 7.09. The number of nitrogens with one attached hydrogen (secondary N) is 1. The second-order valence-corrected chi connectivity index (χ2v) is 5.23. The number of nitrogens with zero attached hydrogens (tertiary/aromatic N) is 3. The van der Waals surface area contributed by atoms with Crippen molar-refractivity contribution in [2.24, 2.45) is 5.10 Å².